The molecule has 0 N–H and O–H groups in total. The maximum Gasteiger partial charge on any atom is 0.338 e. The van der Waals surface area contributed by atoms with E-state index >= 15 is 0 Å². The molecule has 162 valence electrons. The maximum absolute atomic E-state index is 12.3. The molecule has 7 nitrogen and oxygen atoms in total. The molecule has 0 spiro atoms. The lowest BCUT2D eigenvalue weighted by atomic mass is 10.1. The van der Waals surface area contributed by atoms with Crippen LogP contribution in [0.25, 0.3) is 20.7 Å². The van der Waals surface area contributed by atoms with Crippen LogP contribution in [0, 0.1) is 0 Å². The Kier molecular flexibility index (Phi) is 6.42. The molecule has 0 bridgehead atoms. The number of fused-ring (bicyclic) bond motifs is 1. The second-order valence-electron chi connectivity index (χ2n) is 6.66. The Morgan fingerprint density at radius 1 is 0.875 bits per heavy atom. The summed E-state index contributed by atoms with van der Waals surface area (Å²) in [6, 6.07) is 16.4. The first kappa shape index (κ1) is 21.5. The molecule has 8 heteroatoms. The zero-order chi connectivity index (χ0) is 22.5. The van der Waals surface area contributed by atoms with E-state index in [9.17, 15) is 9.59 Å². The van der Waals surface area contributed by atoms with Gasteiger partial charge in [0.1, 0.15) is 16.9 Å². The molecular formula is C24H20N2O5S. The zero-order valence-electron chi connectivity index (χ0n) is 17.5. The van der Waals surface area contributed by atoms with E-state index in [2.05, 4.69) is 9.97 Å². The monoisotopic (exact) mass is 448 g/mol. The molecule has 0 atom stereocenters. The second kappa shape index (κ2) is 9.57. The minimum atomic E-state index is -0.557. The van der Waals surface area contributed by atoms with E-state index < -0.39 is 11.9 Å². The summed E-state index contributed by atoms with van der Waals surface area (Å²) in [6.45, 7) is 3.84. The van der Waals surface area contributed by atoms with Gasteiger partial charge in [-0.15, -0.1) is 11.3 Å². The Hall–Kier alpha value is -3.78. The average Bonchev–Trinajstić information content (AvgIpc) is 3.25. The number of rotatable bonds is 7. The van der Waals surface area contributed by atoms with Crippen LogP contribution in [-0.4, -0.2) is 35.1 Å². The third-order valence-corrected chi connectivity index (χ3v) is 5.59. The van der Waals surface area contributed by atoms with Crippen molar-refractivity contribution in [2.24, 2.45) is 0 Å². The van der Waals surface area contributed by atoms with Gasteiger partial charge in [-0.1, -0.05) is 30.3 Å². The first-order valence-corrected chi connectivity index (χ1v) is 10.9. The van der Waals surface area contributed by atoms with Crippen molar-refractivity contribution in [3.8, 4) is 22.1 Å². The number of thiophene rings is 1. The molecule has 0 aliphatic carbocycles. The molecule has 0 aliphatic heterocycles. The molecule has 0 amide bonds. The molecule has 0 saturated carbocycles. The molecular weight excluding hydrogens is 428 g/mol. The largest absolute Gasteiger partial charge is 0.462 e. The molecule has 4 aromatic rings. The molecule has 0 aliphatic rings. The maximum atomic E-state index is 12.3. The van der Waals surface area contributed by atoms with E-state index in [-0.39, 0.29) is 30.1 Å². The van der Waals surface area contributed by atoms with E-state index in [0.717, 1.165) is 20.7 Å². The molecule has 0 fully saturated rings. The number of carbonyl (C=O) groups is 2. The van der Waals surface area contributed by atoms with Crippen molar-refractivity contribution in [1.29, 1.82) is 0 Å². The van der Waals surface area contributed by atoms with Crippen molar-refractivity contribution in [2.45, 2.75) is 13.8 Å². The van der Waals surface area contributed by atoms with Gasteiger partial charge in [0.05, 0.1) is 29.7 Å². The van der Waals surface area contributed by atoms with Crippen molar-refractivity contribution in [2.75, 3.05) is 13.2 Å². The molecule has 0 saturated heterocycles. The lowest BCUT2D eigenvalue weighted by Gasteiger charge is -2.10. The first-order chi connectivity index (χ1) is 15.6. The van der Waals surface area contributed by atoms with Crippen LogP contribution >= 0.6 is 11.3 Å². The van der Waals surface area contributed by atoms with Crippen LogP contribution < -0.4 is 4.74 Å². The topological polar surface area (TPSA) is 87.6 Å². The SMILES string of the molecule is CCOC(=O)c1cc(Oc2ncnc3sc(-c4ccccc4)cc23)cc(C(=O)OCC)c1. The van der Waals surface area contributed by atoms with Crippen molar-refractivity contribution in [3.05, 3.63) is 72.1 Å². The van der Waals surface area contributed by atoms with Crippen LogP contribution in [0.2, 0.25) is 0 Å². The normalized spacial score (nSPS) is 10.7. The van der Waals surface area contributed by atoms with Gasteiger partial charge in [-0.05, 0) is 43.7 Å². The van der Waals surface area contributed by atoms with Gasteiger partial charge in [-0.3, -0.25) is 0 Å². The van der Waals surface area contributed by atoms with Crippen molar-refractivity contribution in [3.63, 3.8) is 0 Å². The highest BCUT2D eigenvalue weighted by Crippen LogP contribution is 2.37. The van der Waals surface area contributed by atoms with Crippen LogP contribution in [0.1, 0.15) is 34.6 Å². The predicted molar refractivity (Wildman–Crippen MR) is 121 cm³/mol. The van der Waals surface area contributed by atoms with E-state index in [1.807, 2.05) is 36.4 Å². The Bertz CT molecular complexity index is 1230. The first-order valence-electron chi connectivity index (χ1n) is 10.1. The molecule has 0 unspecified atom stereocenters. The van der Waals surface area contributed by atoms with E-state index in [1.165, 1.54) is 35.9 Å². The Balaban J connectivity index is 1.73. The lowest BCUT2D eigenvalue weighted by Crippen LogP contribution is -2.09. The van der Waals surface area contributed by atoms with Gasteiger partial charge in [-0.25, -0.2) is 19.6 Å². The van der Waals surface area contributed by atoms with Gasteiger partial charge in [-0.2, -0.15) is 0 Å². The number of hydrogen-bond donors (Lipinski definition) is 0. The quantitative estimate of drug-likeness (QED) is 0.345. The molecule has 0 radical (unpaired) electrons. The number of ether oxygens (including phenoxy) is 3. The minimum absolute atomic E-state index is 0.188. The number of benzene rings is 2. The molecule has 32 heavy (non-hydrogen) atoms. The van der Waals surface area contributed by atoms with Crippen molar-refractivity contribution >= 4 is 33.5 Å². The van der Waals surface area contributed by atoms with Gasteiger partial charge in [0.25, 0.3) is 0 Å². The number of carbonyl (C=O) groups excluding carboxylic acids is 2. The third kappa shape index (κ3) is 4.60. The van der Waals surface area contributed by atoms with E-state index in [1.54, 1.807) is 13.8 Å². The summed E-state index contributed by atoms with van der Waals surface area (Å²) in [5.74, 6) is -0.522. The summed E-state index contributed by atoms with van der Waals surface area (Å²) in [7, 11) is 0. The van der Waals surface area contributed by atoms with Crippen LogP contribution in [0.3, 0.4) is 0 Å². The fraction of sp³-hybridized carbons (Fsp3) is 0.167. The fourth-order valence-electron chi connectivity index (χ4n) is 3.09. The number of hydrogen-bond acceptors (Lipinski definition) is 8. The van der Waals surface area contributed by atoms with Gasteiger partial charge in [0, 0.05) is 4.88 Å². The zero-order valence-corrected chi connectivity index (χ0v) is 18.3. The van der Waals surface area contributed by atoms with E-state index in [0.29, 0.717) is 5.88 Å². The predicted octanol–water partition coefficient (Wildman–Crippen LogP) is 5.50. The van der Waals surface area contributed by atoms with Gasteiger partial charge in [0.2, 0.25) is 5.88 Å². The summed E-state index contributed by atoms with van der Waals surface area (Å²) in [6.07, 6.45) is 1.42. The summed E-state index contributed by atoms with van der Waals surface area (Å²) in [5.41, 5.74) is 1.44. The van der Waals surface area contributed by atoms with Crippen LogP contribution in [-0.2, 0) is 9.47 Å². The smallest absolute Gasteiger partial charge is 0.338 e. The van der Waals surface area contributed by atoms with Crippen molar-refractivity contribution in [1.82, 2.24) is 9.97 Å². The summed E-state index contributed by atoms with van der Waals surface area (Å²) >= 11 is 1.53. The van der Waals surface area contributed by atoms with Gasteiger partial charge in [0.15, 0.2) is 0 Å². The molecule has 2 heterocycles. The number of aromatic nitrogens is 2. The number of nitrogens with zero attached hydrogens (tertiary/aromatic N) is 2. The number of esters is 2. The highest BCUT2D eigenvalue weighted by molar-refractivity contribution is 7.21. The third-order valence-electron chi connectivity index (χ3n) is 4.49. The van der Waals surface area contributed by atoms with Gasteiger partial charge >= 0.3 is 11.9 Å². The summed E-state index contributed by atoms with van der Waals surface area (Å²) in [5, 5.41) is 0.732. The Morgan fingerprint density at radius 2 is 1.53 bits per heavy atom. The molecule has 2 aromatic carbocycles. The fourth-order valence-corrected chi connectivity index (χ4v) is 4.09. The Morgan fingerprint density at radius 3 is 2.16 bits per heavy atom. The van der Waals surface area contributed by atoms with Crippen LogP contribution in [0.15, 0.2) is 60.9 Å². The minimum Gasteiger partial charge on any atom is -0.462 e. The highest BCUT2D eigenvalue weighted by atomic mass is 32.1. The van der Waals surface area contributed by atoms with Crippen LogP contribution in [0.4, 0.5) is 0 Å². The highest BCUT2D eigenvalue weighted by Gasteiger charge is 2.17. The Labute approximate surface area is 188 Å². The van der Waals surface area contributed by atoms with Crippen molar-refractivity contribution < 1.29 is 23.8 Å². The van der Waals surface area contributed by atoms with Gasteiger partial charge < -0.3 is 14.2 Å². The van der Waals surface area contributed by atoms with E-state index in [4.69, 9.17) is 14.2 Å². The lowest BCUT2D eigenvalue weighted by molar-refractivity contribution is 0.0524. The molecule has 4 rings (SSSR count). The summed E-state index contributed by atoms with van der Waals surface area (Å²) in [4.78, 5) is 35.0. The summed E-state index contributed by atoms with van der Waals surface area (Å²) < 4.78 is 16.2. The van der Waals surface area contributed by atoms with Crippen LogP contribution in [0.5, 0.6) is 11.6 Å². The second-order valence-corrected chi connectivity index (χ2v) is 7.69. The molecule has 2 aromatic heterocycles. The average molecular weight is 449 g/mol. The standard InChI is InChI=1S/C24H20N2O5S/c1-3-29-23(27)16-10-17(24(28)30-4-2)12-18(11-16)31-21-19-13-20(15-8-6-5-7-9-15)32-22(19)26-14-25-21/h5-14H,3-4H2,1-2H3.